The molecule has 0 spiro atoms. The summed E-state index contributed by atoms with van der Waals surface area (Å²) in [6.07, 6.45) is 9.04. The van der Waals surface area contributed by atoms with Gasteiger partial charge in [0.05, 0.1) is 25.7 Å². The Bertz CT molecular complexity index is 443. The maximum atomic E-state index is 12.6. The van der Waals surface area contributed by atoms with Crippen molar-refractivity contribution in [1.29, 1.82) is 0 Å². The monoisotopic (exact) mass is 448 g/mol. The second-order valence-corrected chi connectivity index (χ2v) is 10.0. The molecule has 0 aromatic carbocycles. The molecule has 0 fully saturated rings. The Labute approximate surface area is 185 Å². The Morgan fingerprint density at radius 2 is 1.47 bits per heavy atom. The van der Waals surface area contributed by atoms with Gasteiger partial charge in [-0.2, -0.15) is 0 Å². The van der Waals surface area contributed by atoms with Crippen LogP contribution >= 0.6 is 8.38 Å². The van der Waals surface area contributed by atoms with E-state index in [1.54, 1.807) is 0 Å². The van der Waals surface area contributed by atoms with Crippen molar-refractivity contribution in [3.05, 3.63) is 0 Å². The molecule has 0 saturated heterocycles. The Kier molecular flexibility index (Phi) is 17.5. The van der Waals surface area contributed by atoms with E-state index in [9.17, 15) is 9.59 Å². The molecule has 0 aliphatic rings. The number of carbonyl (C=O) groups is 2. The summed E-state index contributed by atoms with van der Waals surface area (Å²) in [4.78, 5) is 24.5. The van der Waals surface area contributed by atoms with Gasteiger partial charge in [0.2, 0.25) is 0 Å². The van der Waals surface area contributed by atoms with Gasteiger partial charge < -0.3 is 18.5 Å². The minimum absolute atomic E-state index is 0.148. The SMILES string of the molecule is CCCCCCCCC(=O)OCCCC(CP(OCC)OCC)C(=O)OC(C)(C)C. The molecule has 0 aliphatic carbocycles. The zero-order valence-corrected chi connectivity index (χ0v) is 21.1. The molecule has 7 heteroatoms. The average Bonchev–Trinajstić information content (AvgIpc) is 2.65. The number of carbonyl (C=O) groups excluding carboxylic acids is 2. The number of esters is 2. The van der Waals surface area contributed by atoms with Gasteiger partial charge in [-0.05, 0) is 53.9 Å². The van der Waals surface area contributed by atoms with Crippen molar-refractivity contribution < 1.29 is 28.1 Å². The average molecular weight is 449 g/mol. The molecule has 0 heterocycles. The Hall–Kier alpha value is -0.710. The predicted octanol–water partition coefficient (Wildman–Crippen LogP) is 6.40. The molecule has 0 aromatic rings. The van der Waals surface area contributed by atoms with E-state index >= 15 is 0 Å². The second kappa shape index (κ2) is 17.9. The molecule has 0 rings (SSSR count). The fraction of sp³-hybridized carbons (Fsp3) is 0.913. The van der Waals surface area contributed by atoms with Crippen LogP contribution in [-0.4, -0.2) is 43.5 Å². The fourth-order valence-corrected chi connectivity index (χ4v) is 4.47. The highest BCUT2D eigenvalue weighted by Gasteiger charge is 2.28. The predicted molar refractivity (Wildman–Crippen MR) is 123 cm³/mol. The van der Waals surface area contributed by atoms with Gasteiger partial charge in [0.1, 0.15) is 5.60 Å². The van der Waals surface area contributed by atoms with Gasteiger partial charge in [-0.3, -0.25) is 9.59 Å². The van der Waals surface area contributed by atoms with Gasteiger partial charge in [0.25, 0.3) is 0 Å². The third-order valence-electron chi connectivity index (χ3n) is 4.35. The second-order valence-electron chi connectivity index (χ2n) is 8.46. The van der Waals surface area contributed by atoms with Crippen molar-refractivity contribution in [2.45, 2.75) is 105 Å². The maximum Gasteiger partial charge on any atom is 0.309 e. The molecular formula is C23H45O6P. The third-order valence-corrected chi connectivity index (χ3v) is 6.18. The molecule has 1 atom stereocenters. The van der Waals surface area contributed by atoms with E-state index in [4.69, 9.17) is 18.5 Å². The van der Waals surface area contributed by atoms with E-state index in [2.05, 4.69) is 6.92 Å². The Balaban J connectivity index is 4.39. The zero-order valence-electron chi connectivity index (χ0n) is 20.2. The van der Waals surface area contributed by atoms with Crippen LogP contribution in [0.4, 0.5) is 0 Å². The van der Waals surface area contributed by atoms with Crippen molar-refractivity contribution in [1.82, 2.24) is 0 Å². The van der Waals surface area contributed by atoms with Crippen LogP contribution in [0, 0.1) is 5.92 Å². The van der Waals surface area contributed by atoms with Crippen LogP contribution in [-0.2, 0) is 28.1 Å². The molecule has 0 radical (unpaired) electrons. The smallest absolute Gasteiger partial charge is 0.309 e. The lowest BCUT2D eigenvalue weighted by molar-refractivity contribution is -0.159. The number of hydrogen-bond acceptors (Lipinski definition) is 6. The van der Waals surface area contributed by atoms with E-state index in [0.717, 1.165) is 12.8 Å². The third kappa shape index (κ3) is 17.0. The van der Waals surface area contributed by atoms with E-state index in [0.29, 0.717) is 45.2 Å². The fourth-order valence-electron chi connectivity index (χ4n) is 2.92. The van der Waals surface area contributed by atoms with Crippen molar-refractivity contribution in [2.75, 3.05) is 26.0 Å². The lowest BCUT2D eigenvalue weighted by Gasteiger charge is -2.26. The van der Waals surface area contributed by atoms with E-state index in [1.165, 1.54) is 25.7 Å². The minimum Gasteiger partial charge on any atom is -0.466 e. The molecule has 0 aromatic heterocycles. The molecule has 6 nitrogen and oxygen atoms in total. The summed E-state index contributed by atoms with van der Waals surface area (Å²) in [6.45, 7) is 13.0. The van der Waals surface area contributed by atoms with Gasteiger partial charge in [-0.15, -0.1) is 0 Å². The Morgan fingerprint density at radius 1 is 0.867 bits per heavy atom. The summed E-state index contributed by atoms with van der Waals surface area (Å²) in [7, 11) is -1.13. The first-order valence-electron chi connectivity index (χ1n) is 11.6. The van der Waals surface area contributed by atoms with Gasteiger partial charge in [0, 0.05) is 12.6 Å². The summed E-state index contributed by atoms with van der Waals surface area (Å²) in [5, 5.41) is 0. The molecule has 0 bridgehead atoms. The first-order chi connectivity index (χ1) is 14.2. The van der Waals surface area contributed by atoms with Gasteiger partial charge in [-0.1, -0.05) is 39.0 Å². The van der Waals surface area contributed by atoms with Crippen LogP contribution in [0.3, 0.4) is 0 Å². The van der Waals surface area contributed by atoms with Crippen LogP contribution in [0.15, 0.2) is 0 Å². The van der Waals surface area contributed by atoms with Gasteiger partial charge >= 0.3 is 11.9 Å². The standard InChI is InChI=1S/C23H45O6P/c1-7-10-11-12-13-14-17-21(24)26-18-15-16-20(22(25)29-23(4,5)6)19-30(27-8-2)28-9-3/h20H,7-19H2,1-6H3. The van der Waals surface area contributed by atoms with Gasteiger partial charge in [0.15, 0.2) is 8.38 Å². The normalized spacial score (nSPS) is 12.8. The maximum absolute atomic E-state index is 12.6. The summed E-state index contributed by atoms with van der Waals surface area (Å²) >= 11 is 0. The van der Waals surface area contributed by atoms with Crippen molar-refractivity contribution in [2.24, 2.45) is 5.92 Å². The first-order valence-corrected chi connectivity index (χ1v) is 13.0. The molecule has 0 saturated carbocycles. The molecule has 0 aliphatic heterocycles. The molecule has 178 valence electrons. The lowest BCUT2D eigenvalue weighted by atomic mass is 10.1. The number of unbranched alkanes of at least 4 members (excludes halogenated alkanes) is 5. The highest BCUT2D eigenvalue weighted by Crippen LogP contribution is 2.41. The summed E-state index contributed by atoms with van der Waals surface area (Å²) < 4.78 is 22.3. The minimum atomic E-state index is -1.13. The highest BCUT2D eigenvalue weighted by molar-refractivity contribution is 7.47. The van der Waals surface area contributed by atoms with Crippen LogP contribution in [0.1, 0.15) is 99.3 Å². The van der Waals surface area contributed by atoms with Crippen molar-refractivity contribution >= 4 is 20.3 Å². The molecular weight excluding hydrogens is 403 g/mol. The number of ether oxygens (including phenoxy) is 2. The molecule has 1 unspecified atom stereocenters. The molecule has 0 amide bonds. The van der Waals surface area contributed by atoms with Crippen molar-refractivity contribution in [3.63, 3.8) is 0 Å². The summed E-state index contributed by atoms with van der Waals surface area (Å²) in [6, 6.07) is 0. The topological polar surface area (TPSA) is 71.1 Å². The van der Waals surface area contributed by atoms with Crippen LogP contribution < -0.4 is 0 Å². The van der Waals surface area contributed by atoms with Crippen molar-refractivity contribution in [3.8, 4) is 0 Å². The zero-order chi connectivity index (χ0) is 22.8. The Morgan fingerprint density at radius 3 is 2.03 bits per heavy atom. The van der Waals surface area contributed by atoms with E-state index < -0.39 is 14.0 Å². The quantitative estimate of drug-likeness (QED) is 0.137. The van der Waals surface area contributed by atoms with Crippen LogP contribution in [0.25, 0.3) is 0 Å². The first kappa shape index (κ1) is 29.3. The molecule has 30 heavy (non-hydrogen) atoms. The summed E-state index contributed by atoms with van der Waals surface area (Å²) in [5.74, 6) is -0.719. The summed E-state index contributed by atoms with van der Waals surface area (Å²) in [5.41, 5.74) is -0.543. The number of hydrogen-bond donors (Lipinski definition) is 0. The highest BCUT2D eigenvalue weighted by atomic mass is 31.2. The van der Waals surface area contributed by atoms with E-state index in [1.807, 2.05) is 34.6 Å². The molecule has 0 N–H and O–H groups in total. The number of rotatable bonds is 18. The van der Waals surface area contributed by atoms with Gasteiger partial charge in [-0.25, -0.2) is 0 Å². The van der Waals surface area contributed by atoms with Crippen LogP contribution in [0.5, 0.6) is 0 Å². The van der Waals surface area contributed by atoms with E-state index in [-0.39, 0.29) is 17.9 Å². The largest absolute Gasteiger partial charge is 0.466 e. The van der Waals surface area contributed by atoms with Crippen LogP contribution in [0.2, 0.25) is 0 Å². The lowest BCUT2D eigenvalue weighted by Crippen LogP contribution is -2.30.